The van der Waals surface area contributed by atoms with Crippen molar-refractivity contribution in [3.63, 3.8) is 0 Å². The Morgan fingerprint density at radius 2 is 1.88 bits per heavy atom. The van der Waals surface area contributed by atoms with Crippen molar-refractivity contribution in [2.75, 3.05) is 27.2 Å². The first-order chi connectivity index (χ1) is 12.0. The second kappa shape index (κ2) is 8.00. The lowest BCUT2D eigenvalue weighted by atomic mass is 10.1. The molecular weight excluding hydrogens is 339 g/mol. The van der Waals surface area contributed by atoms with Gasteiger partial charge in [-0.05, 0) is 55.6 Å². The Labute approximate surface area is 152 Å². The number of benzene rings is 2. The molecule has 0 N–H and O–H groups in total. The average molecular weight is 361 g/mol. The van der Waals surface area contributed by atoms with Crippen molar-refractivity contribution in [3.05, 3.63) is 70.6 Å². The van der Waals surface area contributed by atoms with Gasteiger partial charge in [-0.15, -0.1) is 0 Å². The van der Waals surface area contributed by atoms with Crippen LogP contribution in [0.1, 0.15) is 11.1 Å². The third kappa shape index (κ3) is 4.60. The van der Waals surface area contributed by atoms with Crippen LogP contribution in [0.2, 0.25) is 5.02 Å². The number of nitrogens with zero attached hydrogens (tertiary/aromatic N) is 2. The summed E-state index contributed by atoms with van der Waals surface area (Å²) in [4.78, 5) is 2.06. The highest BCUT2D eigenvalue weighted by Crippen LogP contribution is 2.24. The van der Waals surface area contributed by atoms with E-state index >= 15 is 0 Å². The monoisotopic (exact) mass is 360 g/mol. The Morgan fingerprint density at radius 1 is 1.12 bits per heavy atom. The lowest BCUT2D eigenvalue weighted by Crippen LogP contribution is -2.17. The van der Waals surface area contributed by atoms with Gasteiger partial charge in [-0.25, -0.2) is 4.39 Å². The lowest BCUT2D eigenvalue weighted by molar-refractivity contribution is 0.106. The Balaban J connectivity index is 1.81. The maximum atomic E-state index is 14.1. The number of aromatic nitrogens is 1. The van der Waals surface area contributed by atoms with Gasteiger partial charge >= 0.3 is 0 Å². The van der Waals surface area contributed by atoms with Gasteiger partial charge in [-0.3, -0.25) is 0 Å². The van der Waals surface area contributed by atoms with Gasteiger partial charge in [-0.1, -0.05) is 23.7 Å². The Bertz CT molecular complexity index is 843. The second-order valence-corrected chi connectivity index (χ2v) is 6.86. The lowest BCUT2D eigenvalue weighted by Gasteiger charge is -2.11. The minimum atomic E-state index is -0.241. The molecule has 2 aromatic carbocycles. The van der Waals surface area contributed by atoms with Crippen LogP contribution in [0.4, 0.5) is 4.39 Å². The van der Waals surface area contributed by atoms with E-state index in [9.17, 15) is 4.39 Å². The first kappa shape index (κ1) is 17.9. The average Bonchev–Trinajstić information content (AvgIpc) is 2.96. The first-order valence-corrected chi connectivity index (χ1v) is 8.65. The SMILES string of the molecule is CN(C)CCOCc1cc(F)cc2c1ccn2Cc1ccc(Cl)cc1. The van der Waals surface area contributed by atoms with Crippen LogP contribution in [0.5, 0.6) is 0 Å². The number of likely N-dealkylation sites (N-methyl/N-ethyl adjacent to an activating group) is 1. The highest BCUT2D eigenvalue weighted by atomic mass is 35.5. The van der Waals surface area contributed by atoms with Gasteiger partial charge in [0.05, 0.1) is 18.7 Å². The highest BCUT2D eigenvalue weighted by molar-refractivity contribution is 6.30. The minimum absolute atomic E-state index is 0.241. The molecule has 3 nitrogen and oxygen atoms in total. The summed E-state index contributed by atoms with van der Waals surface area (Å²) < 4.78 is 21.8. The zero-order valence-electron chi connectivity index (χ0n) is 14.5. The van der Waals surface area contributed by atoms with Crippen LogP contribution in [-0.4, -0.2) is 36.7 Å². The molecule has 5 heteroatoms. The number of ether oxygens (including phenoxy) is 1. The minimum Gasteiger partial charge on any atom is -0.375 e. The molecule has 0 atom stereocenters. The van der Waals surface area contributed by atoms with E-state index in [1.807, 2.05) is 55.2 Å². The summed E-state index contributed by atoms with van der Waals surface area (Å²) in [5.74, 6) is -0.241. The van der Waals surface area contributed by atoms with Crippen LogP contribution in [0.3, 0.4) is 0 Å². The van der Waals surface area contributed by atoms with E-state index in [0.29, 0.717) is 24.8 Å². The summed E-state index contributed by atoms with van der Waals surface area (Å²) in [6.45, 7) is 2.55. The largest absolute Gasteiger partial charge is 0.375 e. The molecule has 0 bridgehead atoms. The van der Waals surface area contributed by atoms with Gasteiger partial charge in [0.25, 0.3) is 0 Å². The van der Waals surface area contributed by atoms with Crippen LogP contribution in [0.25, 0.3) is 10.9 Å². The molecule has 0 radical (unpaired) electrons. The standard InChI is InChI=1S/C20H22ClFN2O/c1-23(2)9-10-25-14-16-11-18(22)12-20-19(16)7-8-24(20)13-15-3-5-17(21)6-4-15/h3-8,11-12H,9-10,13-14H2,1-2H3. The Kier molecular flexibility index (Phi) is 5.74. The molecule has 1 aromatic heterocycles. The zero-order valence-corrected chi connectivity index (χ0v) is 15.3. The van der Waals surface area contributed by atoms with Crippen molar-refractivity contribution >= 4 is 22.5 Å². The molecule has 132 valence electrons. The topological polar surface area (TPSA) is 17.4 Å². The zero-order chi connectivity index (χ0) is 17.8. The van der Waals surface area contributed by atoms with E-state index in [2.05, 4.69) is 4.90 Å². The number of hydrogen-bond acceptors (Lipinski definition) is 2. The van der Waals surface area contributed by atoms with Crippen molar-refractivity contribution < 1.29 is 9.13 Å². The van der Waals surface area contributed by atoms with E-state index in [4.69, 9.17) is 16.3 Å². The van der Waals surface area contributed by atoms with Gasteiger partial charge in [0, 0.05) is 29.7 Å². The number of halogens is 2. The Hall–Kier alpha value is -1.88. The van der Waals surface area contributed by atoms with Crippen LogP contribution in [0, 0.1) is 5.82 Å². The highest BCUT2D eigenvalue weighted by Gasteiger charge is 2.09. The van der Waals surface area contributed by atoms with Gasteiger partial charge < -0.3 is 14.2 Å². The van der Waals surface area contributed by atoms with Crippen molar-refractivity contribution in [2.24, 2.45) is 0 Å². The van der Waals surface area contributed by atoms with Gasteiger partial charge in [-0.2, -0.15) is 0 Å². The normalized spacial score (nSPS) is 11.6. The van der Waals surface area contributed by atoms with E-state index in [1.54, 1.807) is 12.1 Å². The van der Waals surface area contributed by atoms with Crippen molar-refractivity contribution in [1.29, 1.82) is 0 Å². The fourth-order valence-electron chi connectivity index (χ4n) is 2.81. The number of rotatable bonds is 7. The number of hydrogen-bond donors (Lipinski definition) is 0. The fraction of sp³-hybridized carbons (Fsp3) is 0.300. The molecule has 3 rings (SSSR count). The summed E-state index contributed by atoms with van der Waals surface area (Å²) in [6.07, 6.45) is 1.99. The van der Waals surface area contributed by atoms with Crippen LogP contribution >= 0.6 is 11.6 Å². The number of fused-ring (bicyclic) bond motifs is 1. The molecule has 0 saturated heterocycles. The maximum Gasteiger partial charge on any atom is 0.125 e. The Morgan fingerprint density at radius 3 is 2.60 bits per heavy atom. The first-order valence-electron chi connectivity index (χ1n) is 8.27. The molecule has 0 aliphatic carbocycles. The summed E-state index contributed by atoms with van der Waals surface area (Å²) >= 11 is 5.94. The predicted octanol–water partition coefficient (Wildman–Crippen LogP) is 4.56. The summed E-state index contributed by atoms with van der Waals surface area (Å²) in [5, 5.41) is 1.74. The van der Waals surface area contributed by atoms with Crippen molar-refractivity contribution in [1.82, 2.24) is 9.47 Å². The summed E-state index contributed by atoms with van der Waals surface area (Å²) in [6, 6.07) is 12.9. The maximum absolute atomic E-state index is 14.1. The van der Waals surface area contributed by atoms with Gasteiger partial charge in [0.2, 0.25) is 0 Å². The molecular formula is C20H22ClFN2O. The molecule has 0 unspecified atom stereocenters. The molecule has 25 heavy (non-hydrogen) atoms. The summed E-state index contributed by atoms with van der Waals surface area (Å²) in [5.41, 5.74) is 2.87. The van der Waals surface area contributed by atoms with Crippen molar-refractivity contribution in [2.45, 2.75) is 13.2 Å². The third-order valence-electron chi connectivity index (χ3n) is 4.15. The fourth-order valence-corrected chi connectivity index (χ4v) is 2.93. The van der Waals surface area contributed by atoms with Crippen LogP contribution in [0.15, 0.2) is 48.7 Å². The molecule has 0 aliphatic rings. The molecule has 0 spiro atoms. The quantitative estimate of drug-likeness (QED) is 0.575. The van der Waals surface area contributed by atoms with Crippen LogP contribution < -0.4 is 0 Å². The molecule has 3 aromatic rings. The predicted molar refractivity (Wildman–Crippen MR) is 101 cm³/mol. The molecule has 0 fully saturated rings. The van der Waals surface area contributed by atoms with Gasteiger partial charge in [0.15, 0.2) is 0 Å². The third-order valence-corrected chi connectivity index (χ3v) is 4.40. The van der Waals surface area contributed by atoms with E-state index in [0.717, 1.165) is 28.6 Å². The molecule has 0 aliphatic heterocycles. The van der Waals surface area contributed by atoms with Crippen LogP contribution in [-0.2, 0) is 17.9 Å². The van der Waals surface area contributed by atoms with E-state index < -0.39 is 0 Å². The summed E-state index contributed by atoms with van der Waals surface area (Å²) in [7, 11) is 4.00. The molecule has 1 heterocycles. The van der Waals surface area contributed by atoms with Crippen molar-refractivity contribution in [3.8, 4) is 0 Å². The van der Waals surface area contributed by atoms with Gasteiger partial charge in [0.1, 0.15) is 5.82 Å². The molecule has 0 amide bonds. The smallest absolute Gasteiger partial charge is 0.125 e. The van der Waals surface area contributed by atoms with E-state index in [-0.39, 0.29) is 5.82 Å². The second-order valence-electron chi connectivity index (χ2n) is 6.42. The van der Waals surface area contributed by atoms with E-state index in [1.165, 1.54) is 0 Å². The molecule has 0 saturated carbocycles.